The third kappa shape index (κ3) is 2.64. The van der Waals surface area contributed by atoms with E-state index in [2.05, 4.69) is 4.98 Å². The second kappa shape index (κ2) is 4.90. The number of imidazole rings is 1. The normalized spacial score (nSPS) is 10.5. The summed E-state index contributed by atoms with van der Waals surface area (Å²) in [6.07, 6.45) is 4.49. The van der Waals surface area contributed by atoms with E-state index in [1.807, 2.05) is 17.8 Å². The van der Waals surface area contributed by atoms with Crippen molar-refractivity contribution in [1.82, 2.24) is 9.55 Å². The van der Waals surface area contributed by atoms with Gasteiger partial charge in [-0.25, -0.2) is 4.98 Å². The molecule has 4 nitrogen and oxygen atoms in total. The minimum absolute atomic E-state index is 0.622. The lowest BCUT2D eigenvalue weighted by molar-refractivity contribution is 0.115. The van der Waals surface area contributed by atoms with E-state index in [1.165, 1.54) is 0 Å². The molecule has 0 aromatic carbocycles. The van der Waals surface area contributed by atoms with Crippen molar-refractivity contribution in [3.8, 4) is 0 Å². The summed E-state index contributed by atoms with van der Waals surface area (Å²) in [6.45, 7) is 2.03. The van der Waals surface area contributed by atoms with Gasteiger partial charge in [0.25, 0.3) is 0 Å². The predicted octanol–water partition coefficient (Wildman–Crippen LogP) is 0.285. The van der Waals surface area contributed by atoms with Gasteiger partial charge in [0.2, 0.25) is 0 Å². The first kappa shape index (κ1) is 9.22. The first-order chi connectivity index (χ1) is 5.84. The molecular formula is C8H15N3O. The average molecular weight is 169 g/mol. The van der Waals surface area contributed by atoms with Crippen molar-refractivity contribution < 1.29 is 4.74 Å². The summed E-state index contributed by atoms with van der Waals surface area (Å²) < 4.78 is 7.31. The van der Waals surface area contributed by atoms with Crippen LogP contribution in [0.15, 0.2) is 12.5 Å². The fourth-order valence-electron chi connectivity index (χ4n) is 0.886. The number of aryl methyl sites for hydroxylation is 1. The van der Waals surface area contributed by atoms with Gasteiger partial charge in [0.15, 0.2) is 0 Å². The molecule has 0 aliphatic rings. The van der Waals surface area contributed by atoms with Gasteiger partial charge in [-0.15, -0.1) is 0 Å². The van der Waals surface area contributed by atoms with E-state index in [4.69, 9.17) is 10.5 Å². The Labute approximate surface area is 72.3 Å². The second-order valence-electron chi connectivity index (χ2n) is 2.69. The fourth-order valence-corrected chi connectivity index (χ4v) is 0.886. The van der Waals surface area contributed by atoms with Crippen molar-refractivity contribution in [2.45, 2.75) is 13.0 Å². The summed E-state index contributed by atoms with van der Waals surface area (Å²) in [5.74, 6) is 0. The van der Waals surface area contributed by atoms with Gasteiger partial charge in [0, 0.05) is 13.7 Å². The quantitative estimate of drug-likeness (QED) is 0.644. The number of nitrogens with two attached hydrogens (primary N) is 1. The molecule has 1 heterocycles. The van der Waals surface area contributed by atoms with Gasteiger partial charge in [0.1, 0.15) is 0 Å². The Morgan fingerprint density at radius 3 is 3.08 bits per heavy atom. The largest absolute Gasteiger partial charge is 0.375 e. The summed E-state index contributed by atoms with van der Waals surface area (Å²) in [5.41, 5.74) is 6.41. The molecule has 0 atom stereocenters. The van der Waals surface area contributed by atoms with Gasteiger partial charge < -0.3 is 15.0 Å². The molecule has 0 fully saturated rings. The van der Waals surface area contributed by atoms with Crippen molar-refractivity contribution in [1.29, 1.82) is 0 Å². The summed E-state index contributed by atoms with van der Waals surface area (Å²) in [5, 5.41) is 0. The van der Waals surface area contributed by atoms with Gasteiger partial charge in [0.05, 0.1) is 24.8 Å². The molecule has 1 rings (SSSR count). The number of hydrogen-bond donors (Lipinski definition) is 1. The number of hydrogen-bond acceptors (Lipinski definition) is 3. The van der Waals surface area contributed by atoms with E-state index in [0.717, 1.165) is 18.7 Å². The van der Waals surface area contributed by atoms with E-state index in [-0.39, 0.29) is 0 Å². The van der Waals surface area contributed by atoms with E-state index in [1.54, 1.807) is 6.33 Å². The fraction of sp³-hybridized carbons (Fsp3) is 0.625. The minimum atomic E-state index is 0.622. The van der Waals surface area contributed by atoms with Crippen LogP contribution in [-0.2, 0) is 18.4 Å². The minimum Gasteiger partial charge on any atom is -0.375 e. The molecular weight excluding hydrogens is 154 g/mol. The molecule has 0 radical (unpaired) electrons. The molecule has 0 amide bonds. The monoisotopic (exact) mass is 169 g/mol. The van der Waals surface area contributed by atoms with Gasteiger partial charge in [-0.3, -0.25) is 0 Å². The zero-order valence-corrected chi connectivity index (χ0v) is 7.36. The van der Waals surface area contributed by atoms with Gasteiger partial charge in [-0.05, 0) is 13.0 Å². The third-order valence-corrected chi connectivity index (χ3v) is 1.66. The highest BCUT2D eigenvalue weighted by Gasteiger charge is 1.96. The molecule has 12 heavy (non-hydrogen) atoms. The summed E-state index contributed by atoms with van der Waals surface area (Å²) >= 11 is 0. The number of nitrogens with zero attached hydrogens (tertiary/aromatic N) is 2. The number of aromatic nitrogens is 2. The Morgan fingerprint density at radius 2 is 2.50 bits per heavy atom. The molecule has 4 heteroatoms. The maximum atomic E-state index is 5.36. The van der Waals surface area contributed by atoms with Gasteiger partial charge in [-0.1, -0.05) is 0 Å². The highest BCUT2D eigenvalue weighted by atomic mass is 16.5. The van der Waals surface area contributed by atoms with Crippen LogP contribution in [0.2, 0.25) is 0 Å². The van der Waals surface area contributed by atoms with E-state index in [0.29, 0.717) is 13.2 Å². The Kier molecular flexibility index (Phi) is 3.76. The van der Waals surface area contributed by atoms with Crippen LogP contribution in [0.3, 0.4) is 0 Å². The first-order valence-electron chi connectivity index (χ1n) is 4.07. The maximum absolute atomic E-state index is 5.36. The zero-order valence-electron chi connectivity index (χ0n) is 7.36. The van der Waals surface area contributed by atoms with Crippen LogP contribution in [0.25, 0.3) is 0 Å². The third-order valence-electron chi connectivity index (χ3n) is 1.66. The average Bonchev–Trinajstić information content (AvgIpc) is 2.46. The SMILES string of the molecule is Cn1cncc1COCCCN. The summed E-state index contributed by atoms with van der Waals surface area (Å²) in [6, 6.07) is 0. The predicted molar refractivity (Wildman–Crippen MR) is 46.5 cm³/mol. The molecule has 0 spiro atoms. The molecule has 0 saturated carbocycles. The van der Waals surface area contributed by atoms with E-state index >= 15 is 0 Å². The lowest BCUT2D eigenvalue weighted by Crippen LogP contribution is -2.05. The van der Waals surface area contributed by atoms with Crippen LogP contribution in [-0.4, -0.2) is 22.7 Å². The summed E-state index contributed by atoms with van der Waals surface area (Å²) in [7, 11) is 1.95. The molecule has 68 valence electrons. The van der Waals surface area contributed by atoms with Crippen LogP contribution in [0, 0.1) is 0 Å². The van der Waals surface area contributed by atoms with E-state index in [9.17, 15) is 0 Å². The zero-order chi connectivity index (χ0) is 8.81. The lowest BCUT2D eigenvalue weighted by Gasteiger charge is -2.02. The van der Waals surface area contributed by atoms with Gasteiger partial charge in [-0.2, -0.15) is 0 Å². The molecule has 0 bridgehead atoms. The van der Waals surface area contributed by atoms with Crippen LogP contribution < -0.4 is 5.73 Å². The number of rotatable bonds is 5. The molecule has 1 aromatic heterocycles. The van der Waals surface area contributed by atoms with Crippen LogP contribution in [0.4, 0.5) is 0 Å². The Bertz CT molecular complexity index is 222. The molecule has 2 N–H and O–H groups in total. The molecule has 0 aliphatic carbocycles. The van der Waals surface area contributed by atoms with Crippen molar-refractivity contribution in [2.24, 2.45) is 12.8 Å². The standard InChI is InChI=1S/C8H15N3O/c1-11-7-10-5-8(11)6-12-4-2-3-9/h5,7H,2-4,6,9H2,1H3. The Hall–Kier alpha value is -0.870. The topological polar surface area (TPSA) is 53.1 Å². The van der Waals surface area contributed by atoms with Crippen LogP contribution >= 0.6 is 0 Å². The number of ether oxygens (including phenoxy) is 1. The first-order valence-corrected chi connectivity index (χ1v) is 4.07. The molecule has 0 saturated heterocycles. The molecule has 1 aromatic rings. The molecule has 0 unspecified atom stereocenters. The highest BCUT2D eigenvalue weighted by Crippen LogP contribution is 1.98. The smallest absolute Gasteiger partial charge is 0.0946 e. The van der Waals surface area contributed by atoms with Crippen LogP contribution in [0.5, 0.6) is 0 Å². The maximum Gasteiger partial charge on any atom is 0.0946 e. The Balaban J connectivity index is 2.20. The second-order valence-corrected chi connectivity index (χ2v) is 2.69. The Morgan fingerprint density at radius 1 is 1.67 bits per heavy atom. The summed E-state index contributed by atoms with van der Waals surface area (Å²) in [4.78, 5) is 3.98. The van der Waals surface area contributed by atoms with E-state index < -0.39 is 0 Å². The lowest BCUT2D eigenvalue weighted by atomic mass is 10.4. The highest BCUT2D eigenvalue weighted by molar-refractivity contribution is 4.94. The molecule has 0 aliphatic heterocycles. The van der Waals surface area contributed by atoms with Crippen molar-refractivity contribution in [2.75, 3.05) is 13.2 Å². The van der Waals surface area contributed by atoms with Crippen molar-refractivity contribution in [3.05, 3.63) is 18.2 Å². The van der Waals surface area contributed by atoms with Gasteiger partial charge >= 0.3 is 0 Å². The van der Waals surface area contributed by atoms with Crippen LogP contribution in [0.1, 0.15) is 12.1 Å². The van der Waals surface area contributed by atoms with Crippen molar-refractivity contribution in [3.63, 3.8) is 0 Å². The van der Waals surface area contributed by atoms with Crippen molar-refractivity contribution >= 4 is 0 Å².